The Bertz CT molecular complexity index is 557. The lowest BCUT2D eigenvalue weighted by Gasteiger charge is -2.12. The molecule has 4 N–H and O–H groups in total. The lowest BCUT2D eigenvalue weighted by Crippen LogP contribution is -2.29. The van der Waals surface area contributed by atoms with Gasteiger partial charge in [-0.3, -0.25) is 0 Å². The van der Waals surface area contributed by atoms with Gasteiger partial charge >= 0.3 is 6.03 Å². The van der Waals surface area contributed by atoms with E-state index in [0.717, 1.165) is 6.42 Å². The van der Waals surface area contributed by atoms with Gasteiger partial charge in [-0.1, -0.05) is 6.92 Å². The second-order valence-electron chi connectivity index (χ2n) is 3.79. The molecule has 0 aromatic heterocycles. The van der Waals surface area contributed by atoms with Crippen LogP contribution in [0.3, 0.4) is 0 Å². The van der Waals surface area contributed by atoms with Crippen molar-refractivity contribution >= 4 is 21.7 Å². The average Bonchev–Trinajstić information content (AvgIpc) is 2.35. The van der Waals surface area contributed by atoms with Gasteiger partial charge in [0.1, 0.15) is 5.75 Å². The summed E-state index contributed by atoms with van der Waals surface area (Å²) in [6, 6.07) is 3.55. The minimum atomic E-state index is -3.83. The van der Waals surface area contributed by atoms with E-state index in [2.05, 4.69) is 10.6 Å². The molecule has 1 rings (SSSR count). The molecule has 0 bridgehead atoms. The molecule has 1 aromatic carbocycles. The molecule has 0 radical (unpaired) electrons. The Morgan fingerprint density at radius 3 is 2.63 bits per heavy atom. The minimum Gasteiger partial charge on any atom is -0.495 e. The quantitative estimate of drug-likeness (QED) is 0.746. The summed E-state index contributed by atoms with van der Waals surface area (Å²) in [5.41, 5.74) is 0.239. The van der Waals surface area contributed by atoms with Crippen molar-refractivity contribution in [1.82, 2.24) is 5.32 Å². The third kappa shape index (κ3) is 4.42. The molecule has 0 aliphatic heterocycles. The summed E-state index contributed by atoms with van der Waals surface area (Å²) in [7, 11) is -2.41. The van der Waals surface area contributed by atoms with Gasteiger partial charge < -0.3 is 15.4 Å². The van der Waals surface area contributed by atoms with Gasteiger partial charge in [0.05, 0.1) is 17.7 Å². The Hall–Kier alpha value is -1.80. The van der Waals surface area contributed by atoms with Crippen molar-refractivity contribution in [2.75, 3.05) is 19.0 Å². The molecule has 0 unspecified atom stereocenters. The summed E-state index contributed by atoms with van der Waals surface area (Å²) in [4.78, 5) is 11.4. The first kappa shape index (κ1) is 15.3. The molecule has 0 aliphatic rings. The number of methoxy groups -OCH3 is 1. The number of carbonyl (C=O) groups excluding carboxylic acids is 1. The Labute approximate surface area is 112 Å². The fourth-order valence-corrected chi connectivity index (χ4v) is 1.91. The second kappa shape index (κ2) is 6.39. The normalized spacial score (nSPS) is 10.9. The topological polar surface area (TPSA) is 111 Å². The number of anilines is 1. The zero-order chi connectivity index (χ0) is 14.5. The molecule has 1 aromatic rings. The number of sulfonamides is 1. The van der Waals surface area contributed by atoms with Gasteiger partial charge in [-0.05, 0) is 24.6 Å². The van der Waals surface area contributed by atoms with E-state index >= 15 is 0 Å². The predicted molar refractivity (Wildman–Crippen MR) is 71.7 cm³/mol. The van der Waals surface area contributed by atoms with Crippen molar-refractivity contribution in [2.24, 2.45) is 5.14 Å². The number of benzene rings is 1. The molecule has 0 atom stereocenters. The molecule has 7 nitrogen and oxygen atoms in total. The predicted octanol–water partition coefficient (Wildman–Crippen LogP) is 0.874. The van der Waals surface area contributed by atoms with Gasteiger partial charge in [0.2, 0.25) is 10.0 Å². The molecule has 0 saturated heterocycles. The standard InChI is InChI=1S/C11H17N3O4S/c1-3-6-13-11(15)14-9-7-8(19(12,16)17)4-5-10(9)18-2/h4-5,7H,3,6H2,1-2H3,(H2,12,16,17)(H2,13,14,15). The number of ether oxygens (including phenoxy) is 1. The van der Waals surface area contributed by atoms with Crippen LogP contribution in [-0.4, -0.2) is 28.1 Å². The van der Waals surface area contributed by atoms with Crippen LogP contribution in [0, 0.1) is 0 Å². The van der Waals surface area contributed by atoms with Crippen molar-refractivity contribution in [3.05, 3.63) is 18.2 Å². The van der Waals surface area contributed by atoms with E-state index in [1.54, 1.807) is 0 Å². The fourth-order valence-electron chi connectivity index (χ4n) is 1.37. The van der Waals surface area contributed by atoms with Crippen LogP contribution >= 0.6 is 0 Å². The summed E-state index contributed by atoms with van der Waals surface area (Å²) < 4.78 is 27.5. The largest absolute Gasteiger partial charge is 0.495 e. The van der Waals surface area contributed by atoms with Crippen molar-refractivity contribution in [3.8, 4) is 5.75 Å². The highest BCUT2D eigenvalue weighted by atomic mass is 32.2. The van der Waals surface area contributed by atoms with Gasteiger partial charge in [-0.25, -0.2) is 18.4 Å². The maximum absolute atomic E-state index is 11.5. The molecule has 8 heteroatoms. The third-order valence-electron chi connectivity index (χ3n) is 2.28. The second-order valence-corrected chi connectivity index (χ2v) is 5.35. The van der Waals surface area contributed by atoms with Crippen LogP contribution in [0.2, 0.25) is 0 Å². The number of hydrogen-bond donors (Lipinski definition) is 3. The van der Waals surface area contributed by atoms with Gasteiger partial charge in [0.15, 0.2) is 0 Å². The number of nitrogens with one attached hydrogen (secondary N) is 2. The number of urea groups is 1. The van der Waals surface area contributed by atoms with E-state index in [1.165, 1.54) is 25.3 Å². The Balaban J connectivity index is 3.00. The smallest absolute Gasteiger partial charge is 0.319 e. The zero-order valence-electron chi connectivity index (χ0n) is 10.8. The molecule has 0 spiro atoms. The van der Waals surface area contributed by atoms with E-state index < -0.39 is 16.1 Å². The highest BCUT2D eigenvalue weighted by Crippen LogP contribution is 2.26. The first-order valence-electron chi connectivity index (χ1n) is 5.64. The minimum absolute atomic E-state index is 0.0981. The molecular weight excluding hydrogens is 270 g/mol. The maximum atomic E-state index is 11.5. The number of primary sulfonamides is 1. The third-order valence-corrected chi connectivity index (χ3v) is 3.19. The monoisotopic (exact) mass is 287 g/mol. The van der Waals surface area contributed by atoms with E-state index in [4.69, 9.17) is 9.88 Å². The van der Waals surface area contributed by atoms with E-state index in [-0.39, 0.29) is 10.6 Å². The van der Waals surface area contributed by atoms with Crippen LogP contribution in [0.15, 0.2) is 23.1 Å². The number of hydrogen-bond acceptors (Lipinski definition) is 4. The van der Waals surface area contributed by atoms with Crippen molar-refractivity contribution in [2.45, 2.75) is 18.2 Å². The molecular formula is C11H17N3O4S. The number of carbonyl (C=O) groups is 1. The van der Waals surface area contributed by atoms with Crippen LogP contribution < -0.4 is 20.5 Å². The average molecular weight is 287 g/mol. The lowest BCUT2D eigenvalue weighted by atomic mass is 10.3. The fraction of sp³-hybridized carbons (Fsp3) is 0.364. The van der Waals surface area contributed by atoms with Crippen molar-refractivity contribution in [3.63, 3.8) is 0 Å². The van der Waals surface area contributed by atoms with Crippen molar-refractivity contribution in [1.29, 1.82) is 0 Å². The van der Waals surface area contributed by atoms with Crippen LogP contribution in [0.4, 0.5) is 10.5 Å². The van der Waals surface area contributed by atoms with Crippen LogP contribution in [0.25, 0.3) is 0 Å². The molecule has 0 saturated carbocycles. The van der Waals surface area contributed by atoms with Gasteiger partial charge in [-0.15, -0.1) is 0 Å². The molecule has 106 valence electrons. The SMILES string of the molecule is CCCNC(=O)Nc1cc(S(N)(=O)=O)ccc1OC. The molecule has 2 amide bonds. The van der Waals surface area contributed by atoms with Gasteiger partial charge in [0.25, 0.3) is 0 Å². The van der Waals surface area contributed by atoms with E-state index in [9.17, 15) is 13.2 Å². The first-order valence-corrected chi connectivity index (χ1v) is 7.18. The Morgan fingerprint density at radius 2 is 2.11 bits per heavy atom. The highest BCUT2D eigenvalue weighted by molar-refractivity contribution is 7.89. The Morgan fingerprint density at radius 1 is 1.42 bits per heavy atom. The summed E-state index contributed by atoms with van der Waals surface area (Å²) >= 11 is 0. The Kier molecular flexibility index (Phi) is 5.13. The van der Waals surface area contributed by atoms with E-state index in [0.29, 0.717) is 12.3 Å². The molecule has 0 fully saturated rings. The van der Waals surface area contributed by atoms with Gasteiger partial charge in [0, 0.05) is 6.54 Å². The summed E-state index contributed by atoms with van der Waals surface area (Å²) in [5.74, 6) is 0.346. The number of amides is 2. The lowest BCUT2D eigenvalue weighted by molar-refractivity contribution is 0.252. The molecule has 0 aliphatic carbocycles. The molecule has 0 heterocycles. The zero-order valence-corrected chi connectivity index (χ0v) is 11.6. The van der Waals surface area contributed by atoms with Crippen LogP contribution in [-0.2, 0) is 10.0 Å². The summed E-state index contributed by atoms with van der Waals surface area (Å²) in [6.45, 7) is 2.44. The van der Waals surface area contributed by atoms with Crippen LogP contribution in [0.1, 0.15) is 13.3 Å². The van der Waals surface area contributed by atoms with Crippen LogP contribution in [0.5, 0.6) is 5.75 Å². The first-order chi connectivity index (χ1) is 8.88. The number of rotatable bonds is 5. The van der Waals surface area contributed by atoms with E-state index in [1.807, 2.05) is 6.92 Å². The maximum Gasteiger partial charge on any atom is 0.319 e. The summed E-state index contributed by atoms with van der Waals surface area (Å²) in [5, 5.41) is 10.1. The molecule has 19 heavy (non-hydrogen) atoms. The number of nitrogens with two attached hydrogens (primary N) is 1. The van der Waals surface area contributed by atoms with Gasteiger partial charge in [-0.2, -0.15) is 0 Å². The summed E-state index contributed by atoms with van der Waals surface area (Å²) in [6.07, 6.45) is 0.793. The van der Waals surface area contributed by atoms with Crippen molar-refractivity contribution < 1.29 is 17.9 Å². The highest BCUT2D eigenvalue weighted by Gasteiger charge is 2.13.